The van der Waals surface area contributed by atoms with Gasteiger partial charge < -0.3 is 5.11 Å². The molecule has 1 amide bonds. The number of aryl methyl sites for hydroxylation is 1. The number of carbonyl (C=O) groups excluding carboxylic acids is 1. The van der Waals surface area contributed by atoms with Gasteiger partial charge in [-0.1, -0.05) is 60.2 Å². The fourth-order valence-electron chi connectivity index (χ4n) is 2.84. The molecule has 0 radical (unpaired) electrons. The van der Waals surface area contributed by atoms with Crippen molar-refractivity contribution in [2.45, 2.75) is 18.4 Å². The third-order valence-corrected chi connectivity index (χ3v) is 6.32. The summed E-state index contributed by atoms with van der Waals surface area (Å²) in [5.41, 5.74) is 4.44. The molecule has 0 saturated carbocycles. The lowest BCUT2D eigenvalue weighted by molar-refractivity contribution is -0.121. The van der Waals surface area contributed by atoms with Crippen LogP contribution in [0.5, 0.6) is 5.75 Å². The van der Waals surface area contributed by atoms with Gasteiger partial charge in [0.05, 0.1) is 17.7 Å². The predicted molar refractivity (Wildman–Crippen MR) is 119 cm³/mol. The Morgan fingerprint density at radius 3 is 2.32 bits per heavy atom. The number of amides is 1. The molecule has 0 heterocycles. The van der Waals surface area contributed by atoms with Crippen LogP contribution in [-0.2, 0) is 21.4 Å². The normalized spacial score (nSPS) is 11.7. The van der Waals surface area contributed by atoms with Crippen molar-refractivity contribution in [2.24, 2.45) is 5.10 Å². The van der Waals surface area contributed by atoms with Gasteiger partial charge in [-0.15, -0.1) is 0 Å². The van der Waals surface area contributed by atoms with Crippen LogP contribution in [-0.4, -0.2) is 36.5 Å². The highest BCUT2D eigenvalue weighted by Gasteiger charge is 2.26. The van der Waals surface area contributed by atoms with E-state index in [9.17, 15) is 18.3 Å². The summed E-state index contributed by atoms with van der Waals surface area (Å²) in [7, 11) is -3.91. The van der Waals surface area contributed by atoms with Crippen LogP contribution in [0.25, 0.3) is 0 Å². The summed E-state index contributed by atoms with van der Waals surface area (Å²) in [6, 6.07) is 22.0. The minimum Gasteiger partial charge on any atom is -0.507 e. The maximum Gasteiger partial charge on any atom is 0.255 e. The standard InChI is InChI=1S/C23H23N3O4S/c1-18-11-13-21(14-12-18)31(29,30)26(16-19-7-3-2-4-8-19)17-23(28)25-24-15-20-9-5-6-10-22(20)27/h2-15,27H,16-17H2,1H3,(H,25,28). The van der Waals surface area contributed by atoms with Gasteiger partial charge in [0.15, 0.2) is 0 Å². The van der Waals surface area contributed by atoms with Crippen molar-refractivity contribution in [1.82, 2.24) is 9.73 Å². The van der Waals surface area contributed by atoms with E-state index in [0.717, 1.165) is 15.4 Å². The number of hydrogen-bond donors (Lipinski definition) is 2. The van der Waals surface area contributed by atoms with E-state index in [-0.39, 0.29) is 17.2 Å². The van der Waals surface area contributed by atoms with Crippen LogP contribution in [0.1, 0.15) is 16.7 Å². The zero-order valence-electron chi connectivity index (χ0n) is 17.0. The molecule has 7 nitrogen and oxygen atoms in total. The van der Waals surface area contributed by atoms with E-state index < -0.39 is 22.5 Å². The van der Waals surface area contributed by atoms with E-state index in [2.05, 4.69) is 10.5 Å². The van der Waals surface area contributed by atoms with Gasteiger partial charge in [0.25, 0.3) is 5.91 Å². The number of para-hydroxylation sites is 1. The maximum absolute atomic E-state index is 13.2. The summed E-state index contributed by atoms with van der Waals surface area (Å²) in [6.07, 6.45) is 1.29. The Morgan fingerprint density at radius 2 is 1.65 bits per heavy atom. The molecule has 0 aromatic heterocycles. The summed E-state index contributed by atoms with van der Waals surface area (Å²) < 4.78 is 27.5. The molecule has 3 aromatic carbocycles. The van der Waals surface area contributed by atoms with Gasteiger partial charge in [0.1, 0.15) is 5.75 Å². The second-order valence-electron chi connectivity index (χ2n) is 6.92. The molecule has 0 spiro atoms. The topological polar surface area (TPSA) is 99.1 Å². The fourth-order valence-corrected chi connectivity index (χ4v) is 4.22. The van der Waals surface area contributed by atoms with Crippen molar-refractivity contribution >= 4 is 22.1 Å². The molecule has 160 valence electrons. The molecule has 2 N–H and O–H groups in total. The molecule has 8 heteroatoms. The molecule has 0 bridgehead atoms. The van der Waals surface area contributed by atoms with E-state index in [0.29, 0.717) is 5.56 Å². The van der Waals surface area contributed by atoms with Gasteiger partial charge in [-0.2, -0.15) is 9.41 Å². The average Bonchev–Trinajstić information content (AvgIpc) is 2.76. The van der Waals surface area contributed by atoms with Crippen molar-refractivity contribution in [3.63, 3.8) is 0 Å². The van der Waals surface area contributed by atoms with Crippen LogP contribution < -0.4 is 5.43 Å². The Hall–Kier alpha value is -3.49. The monoisotopic (exact) mass is 437 g/mol. The lowest BCUT2D eigenvalue weighted by atomic mass is 10.2. The zero-order valence-corrected chi connectivity index (χ0v) is 17.8. The van der Waals surface area contributed by atoms with Gasteiger partial charge >= 0.3 is 0 Å². The molecular formula is C23H23N3O4S. The van der Waals surface area contributed by atoms with Crippen LogP contribution in [0.15, 0.2) is 88.9 Å². The molecule has 0 saturated heterocycles. The molecule has 31 heavy (non-hydrogen) atoms. The van der Waals surface area contributed by atoms with Crippen LogP contribution in [0.3, 0.4) is 0 Å². The lowest BCUT2D eigenvalue weighted by Gasteiger charge is -2.21. The number of benzene rings is 3. The number of nitrogens with one attached hydrogen (secondary N) is 1. The Kier molecular flexibility index (Phi) is 7.17. The maximum atomic E-state index is 13.2. The summed E-state index contributed by atoms with van der Waals surface area (Å²) in [5.74, 6) is -0.577. The van der Waals surface area contributed by atoms with E-state index in [1.165, 1.54) is 24.4 Å². The number of hydrogen-bond acceptors (Lipinski definition) is 5. The summed E-state index contributed by atoms with van der Waals surface area (Å²) in [5, 5.41) is 13.6. The molecule has 0 aliphatic heterocycles. The van der Waals surface area contributed by atoms with Gasteiger partial charge in [-0.05, 0) is 36.8 Å². The molecule has 3 rings (SSSR count). The lowest BCUT2D eigenvalue weighted by Crippen LogP contribution is -2.39. The third-order valence-electron chi connectivity index (χ3n) is 4.51. The van der Waals surface area contributed by atoms with Gasteiger partial charge in [-0.25, -0.2) is 13.8 Å². The van der Waals surface area contributed by atoms with Crippen molar-refractivity contribution in [3.8, 4) is 5.75 Å². The van der Waals surface area contributed by atoms with Crippen molar-refractivity contribution in [1.29, 1.82) is 0 Å². The smallest absolute Gasteiger partial charge is 0.255 e. The summed E-state index contributed by atoms with van der Waals surface area (Å²) in [4.78, 5) is 12.6. The number of phenolic OH excluding ortho intramolecular Hbond substituents is 1. The van der Waals surface area contributed by atoms with Crippen LogP contribution in [0.2, 0.25) is 0 Å². The van der Waals surface area contributed by atoms with Crippen molar-refractivity contribution in [3.05, 3.63) is 95.6 Å². The SMILES string of the molecule is Cc1ccc(S(=O)(=O)N(CC(=O)NN=Cc2ccccc2O)Cc2ccccc2)cc1. The molecule has 3 aromatic rings. The molecule has 0 atom stereocenters. The summed E-state index contributed by atoms with van der Waals surface area (Å²) >= 11 is 0. The Labute approximate surface area is 181 Å². The Morgan fingerprint density at radius 1 is 1.00 bits per heavy atom. The van der Waals surface area contributed by atoms with Crippen LogP contribution >= 0.6 is 0 Å². The van der Waals surface area contributed by atoms with Gasteiger partial charge in [0.2, 0.25) is 10.0 Å². The summed E-state index contributed by atoms with van der Waals surface area (Å²) in [6.45, 7) is 1.49. The van der Waals surface area contributed by atoms with E-state index in [1.807, 2.05) is 25.1 Å². The number of hydrazone groups is 1. The average molecular weight is 438 g/mol. The van der Waals surface area contributed by atoms with Crippen LogP contribution in [0, 0.1) is 6.92 Å². The first-order chi connectivity index (χ1) is 14.9. The number of phenols is 1. The number of rotatable bonds is 8. The largest absolute Gasteiger partial charge is 0.507 e. The quantitative estimate of drug-likeness (QED) is 0.418. The molecular weight excluding hydrogens is 414 g/mol. The van der Waals surface area contributed by atoms with Gasteiger partial charge in [0, 0.05) is 12.1 Å². The first-order valence-electron chi connectivity index (χ1n) is 9.57. The Bertz CT molecular complexity index is 1160. The molecule has 0 aliphatic carbocycles. The number of sulfonamides is 1. The van der Waals surface area contributed by atoms with E-state index in [4.69, 9.17) is 0 Å². The van der Waals surface area contributed by atoms with E-state index in [1.54, 1.807) is 42.5 Å². The second kappa shape index (κ2) is 10.0. The predicted octanol–water partition coefficient (Wildman–Crippen LogP) is 3.04. The molecule has 0 fully saturated rings. The molecule has 0 aliphatic rings. The highest BCUT2D eigenvalue weighted by molar-refractivity contribution is 7.89. The van der Waals surface area contributed by atoms with Crippen molar-refractivity contribution < 1.29 is 18.3 Å². The van der Waals surface area contributed by atoms with Gasteiger partial charge in [-0.3, -0.25) is 4.79 Å². The Balaban J connectivity index is 1.78. The zero-order chi connectivity index (χ0) is 22.3. The minimum atomic E-state index is -3.91. The minimum absolute atomic E-state index is 0.0214. The van der Waals surface area contributed by atoms with Crippen molar-refractivity contribution in [2.75, 3.05) is 6.54 Å². The number of aromatic hydroxyl groups is 1. The first-order valence-corrected chi connectivity index (χ1v) is 11.0. The first kappa shape index (κ1) is 22.2. The molecule has 0 unspecified atom stereocenters. The second-order valence-corrected chi connectivity index (χ2v) is 8.86. The third kappa shape index (κ3) is 6.00. The highest BCUT2D eigenvalue weighted by atomic mass is 32.2. The number of nitrogens with zero attached hydrogens (tertiary/aromatic N) is 2. The van der Waals surface area contributed by atoms with E-state index >= 15 is 0 Å². The van der Waals surface area contributed by atoms with Crippen LogP contribution in [0.4, 0.5) is 0 Å². The number of carbonyl (C=O) groups is 1. The fraction of sp³-hybridized carbons (Fsp3) is 0.130. The highest BCUT2D eigenvalue weighted by Crippen LogP contribution is 2.19.